The number of carboxylic acid groups (broad SMARTS) is 1. The number of nitrogens with one attached hydrogen (secondary N) is 2. The maximum Gasteiger partial charge on any atom is 0.354 e. The lowest BCUT2D eigenvalue weighted by Crippen LogP contribution is -2.04. The average Bonchev–Trinajstić information content (AvgIpc) is 2.70. The summed E-state index contributed by atoms with van der Waals surface area (Å²) < 4.78 is 5.08. The Balaban J connectivity index is 2.33. The van der Waals surface area contributed by atoms with Crippen molar-refractivity contribution in [1.82, 2.24) is 9.97 Å². The predicted octanol–water partition coefficient (Wildman–Crippen LogP) is 1.00. The Morgan fingerprint density at radius 3 is 2.83 bits per heavy atom. The summed E-state index contributed by atoms with van der Waals surface area (Å²) >= 11 is 0. The monoisotopic (exact) mass is 248 g/mol. The molecule has 18 heavy (non-hydrogen) atoms. The minimum absolute atomic E-state index is 0.109. The molecule has 2 aromatic rings. The van der Waals surface area contributed by atoms with Gasteiger partial charge in [-0.1, -0.05) is 12.1 Å². The van der Waals surface area contributed by atoms with Gasteiger partial charge in [-0.25, -0.2) is 9.59 Å². The molecule has 0 saturated carbocycles. The van der Waals surface area contributed by atoms with E-state index in [1.165, 1.54) is 0 Å². The lowest BCUT2D eigenvalue weighted by Gasteiger charge is -2.03. The number of aromatic carboxylic acids is 1. The molecule has 0 radical (unpaired) electrons. The van der Waals surface area contributed by atoms with Crippen LogP contribution in [-0.4, -0.2) is 28.2 Å². The van der Waals surface area contributed by atoms with Gasteiger partial charge in [0, 0.05) is 6.42 Å². The Hall–Kier alpha value is -2.50. The molecule has 1 heterocycles. The van der Waals surface area contributed by atoms with Gasteiger partial charge in [0.25, 0.3) is 0 Å². The second kappa shape index (κ2) is 4.79. The van der Waals surface area contributed by atoms with Crippen LogP contribution in [0.15, 0.2) is 29.1 Å². The van der Waals surface area contributed by atoms with E-state index in [0.717, 1.165) is 5.56 Å². The number of rotatable bonds is 4. The highest BCUT2D eigenvalue weighted by atomic mass is 16.5. The van der Waals surface area contributed by atoms with E-state index in [1.54, 1.807) is 25.3 Å². The molecule has 2 rings (SSSR count). The minimum Gasteiger partial charge on any atom is -0.497 e. The van der Waals surface area contributed by atoms with Crippen molar-refractivity contribution in [2.24, 2.45) is 0 Å². The Bertz CT molecular complexity index is 627. The van der Waals surface area contributed by atoms with Crippen LogP contribution in [0.5, 0.6) is 5.75 Å². The Morgan fingerprint density at radius 2 is 2.17 bits per heavy atom. The summed E-state index contributed by atoms with van der Waals surface area (Å²) in [5.74, 6) is -0.478. The molecular weight excluding hydrogens is 236 g/mol. The van der Waals surface area contributed by atoms with Crippen LogP contribution in [0.25, 0.3) is 0 Å². The number of ether oxygens (including phenoxy) is 1. The van der Waals surface area contributed by atoms with Crippen molar-refractivity contribution in [2.45, 2.75) is 6.42 Å². The van der Waals surface area contributed by atoms with E-state index in [1.807, 2.05) is 6.07 Å². The summed E-state index contributed by atoms with van der Waals surface area (Å²) in [6, 6.07) is 7.22. The molecule has 0 aliphatic carbocycles. The fraction of sp³-hybridized carbons (Fsp3) is 0.167. The maximum absolute atomic E-state index is 11.1. The van der Waals surface area contributed by atoms with Crippen molar-refractivity contribution in [3.63, 3.8) is 0 Å². The Morgan fingerprint density at radius 1 is 1.39 bits per heavy atom. The first-order chi connectivity index (χ1) is 8.60. The van der Waals surface area contributed by atoms with Gasteiger partial charge >= 0.3 is 11.7 Å². The zero-order chi connectivity index (χ0) is 13.1. The second-order valence-electron chi connectivity index (χ2n) is 3.77. The number of carboxylic acids is 1. The molecule has 6 nitrogen and oxygen atoms in total. The van der Waals surface area contributed by atoms with Crippen molar-refractivity contribution in [3.05, 3.63) is 51.7 Å². The van der Waals surface area contributed by atoms with E-state index >= 15 is 0 Å². The molecule has 94 valence electrons. The van der Waals surface area contributed by atoms with Crippen LogP contribution < -0.4 is 10.4 Å². The number of methoxy groups -OCH3 is 1. The first-order valence-electron chi connectivity index (χ1n) is 5.27. The first-order valence-corrected chi connectivity index (χ1v) is 5.27. The van der Waals surface area contributed by atoms with Gasteiger partial charge in [0.15, 0.2) is 0 Å². The summed E-state index contributed by atoms with van der Waals surface area (Å²) in [5, 5.41) is 8.94. The van der Waals surface area contributed by atoms with Crippen LogP contribution >= 0.6 is 0 Å². The second-order valence-corrected chi connectivity index (χ2v) is 3.77. The highest BCUT2D eigenvalue weighted by Crippen LogP contribution is 2.16. The third-order valence-corrected chi connectivity index (χ3v) is 2.53. The van der Waals surface area contributed by atoms with Crippen molar-refractivity contribution in [2.75, 3.05) is 7.11 Å². The van der Waals surface area contributed by atoms with Gasteiger partial charge in [-0.2, -0.15) is 0 Å². The number of hydrogen-bond donors (Lipinski definition) is 3. The van der Waals surface area contributed by atoms with Crippen LogP contribution in [0, 0.1) is 0 Å². The number of hydrogen-bond acceptors (Lipinski definition) is 3. The molecule has 0 unspecified atom stereocenters. The summed E-state index contributed by atoms with van der Waals surface area (Å²) in [5.41, 5.74) is 0.570. The summed E-state index contributed by atoms with van der Waals surface area (Å²) in [4.78, 5) is 26.8. The fourth-order valence-corrected chi connectivity index (χ4v) is 1.72. The maximum atomic E-state index is 11.1. The van der Waals surface area contributed by atoms with Crippen LogP contribution in [0.4, 0.5) is 0 Å². The van der Waals surface area contributed by atoms with E-state index in [-0.39, 0.29) is 5.69 Å². The lowest BCUT2D eigenvalue weighted by molar-refractivity contribution is 0.0690. The summed E-state index contributed by atoms with van der Waals surface area (Å²) in [6.45, 7) is 0. The van der Waals surface area contributed by atoms with Gasteiger partial charge in [-0.15, -0.1) is 0 Å². The van der Waals surface area contributed by atoms with E-state index in [2.05, 4.69) is 9.97 Å². The Labute approximate surface area is 102 Å². The number of imidazole rings is 1. The normalized spacial score (nSPS) is 10.3. The van der Waals surface area contributed by atoms with E-state index < -0.39 is 11.7 Å². The number of aromatic nitrogens is 2. The van der Waals surface area contributed by atoms with Crippen LogP contribution in [0.1, 0.15) is 21.7 Å². The summed E-state index contributed by atoms with van der Waals surface area (Å²) in [7, 11) is 1.56. The van der Waals surface area contributed by atoms with Gasteiger partial charge in [0.2, 0.25) is 0 Å². The third-order valence-electron chi connectivity index (χ3n) is 2.53. The van der Waals surface area contributed by atoms with E-state index in [0.29, 0.717) is 17.9 Å². The smallest absolute Gasteiger partial charge is 0.354 e. The van der Waals surface area contributed by atoms with Gasteiger partial charge < -0.3 is 14.8 Å². The van der Waals surface area contributed by atoms with Gasteiger partial charge in [-0.3, -0.25) is 4.98 Å². The zero-order valence-electron chi connectivity index (χ0n) is 9.69. The number of benzene rings is 1. The van der Waals surface area contributed by atoms with Gasteiger partial charge in [-0.05, 0) is 17.7 Å². The molecule has 0 spiro atoms. The fourth-order valence-electron chi connectivity index (χ4n) is 1.72. The molecule has 0 amide bonds. The first kappa shape index (κ1) is 12.0. The number of carbonyl (C=O) groups is 1. The minimum atomic E-state index is -1.16. The molecule has 1 aromatic heterocycles. The van der Waals surface area contributed by atoms with Crippen LogP contribution in [0.3, 0.4) is 0 Å². The highest BCUT2D eigenvalue weighted by Gasteiger charge is 2.14. The number of aromatic amines is 2. The topological polar surface area (TPSA) is 95.2 Å². The molecular formula is C12H12N2O4. The molecule has 0 bridgehead atoms. The predicted molar refractivity (Wildman–Crippen MR) is 64.2 cm³/mol. The SMILES string of the molecule is COc1cccc(Cc2[nH]c(=O)[nH]c2C(=O)O)c1. The number of H-pyrrole nitrogens is 2. The highest BCUT2D eigenvalue weighted by molar-refractivity contribution is 5.86. The molecule has 0 saturated heterocycles. The van der Waals surface area contributed by atoms with Gasteiger partial charge in [0.05, 0.1) is 12.8 Å². The zero-order valence-corrected chi connectivity index (χ0v) is 9.69. The Kier molecular flexibility index (Phi) is 3.18. The molecule has 0 atom stereocenters. The molecule has 0 aliphatic heterocycles. The molecule has 1 aromatic carbocycles. The molecule has 3 N–H and O–H groups in total. The van der Waals surface area contributed by atoms with Crippen molar-refractivity contribution < 1.29 is 14.6 Å². The largest absolute Gasteiger partial charge is 0.497 e. The quantitative estimate of drug-likeness (QED) is 0.752. The third kappa shape index (κ3) is 2.42. The lowest BCUT2D eigenvalue weighted by atomic mass is 10.1. The van der Waals surface area contributed by atoms with E-state index in [4.69, 9.17) is 9.84 Å². The van der Waals surface area contributed by atoms with Crippen molar-refractivity contribution >= 4 is 5.97 Å². The van der Waals surface area contributed by atoms with Crippen molar-refractivity contribution in [3.8, 4) is 5.75 Å². The van der Waals surface area contributed by atoms with Gasteiger partial charge in [0.1, 0.15) is 11.4 Å². The average molecular weight is 248 g/mol. The van der Waals surface area contributed by atoms with E-state index in [9.17, 15) is 9.59 Å². The van der Waals surface area contributed by atoms with Crippen LogP contribution in [-0.2, 0) is 6.42 Å². The van der Waals surface area contributed by atoms with Crippen molar-refractivity contribution in [1.29, 1.82) is 0 Å². The van der Waals surface area contributed by atoms with Crippen LogP contribution in [0.2, 0.25) is 0 Å². The molecule has 0 fully saturated rings. The summed E-state index contributed by atoms with van der Waals surface area (Å²) in [6.07, 6.45) is 0.317. The molecule has 0 aliphatic rings. The molecule has 6 heteroatoms. The standard InChI is InChI=1S/C12H12N2O4/c1-18-8-4-2-3-7(5-8)6-9-10(11(15)16)14-12(17)13-9/h2-5H,6H2,1H3,(H,15,16)(H2,13,14,17).